The van der Waals surface area contributed by atoms with E-state index in [2.05, 4.69) is 14.4 Å². The molecule has 0 fully saturated rings. The molecule has 39 heavy (non-hydrogen) atoms. The number of esters is 1. The Bertz CT molecular complexity index is 1450. The molecule has 208 valence electrons. The first-order valence-corrected chi connectivity index (χ1v) is 13.5. The van der Waals surface area contributed by atoms with Crippen molar-refractivity contribution < 1.29 is 36.2 Å². The van der Waals surface area contributed by atoms with E-state index in [9.17, 15) is 17.6 Å². The van der Waals surface area contributed by atoms with Gasteiger partial charge in [0.15, 0.2) is 11.6 Å². The number of halogens is 2. The highest BCUT2D eigenvalue weighted by atomic mass is 32.2. The molecular formula is C27H29F2N3O6S. The summed E-state index contributed by atoms with van der Waals surface area (Å²) in [6, 6.07) is 11.7. The third-order valence-corrected chi connectivity index (χ3v) is 6.44. The molecule has 2 aromatic carbocycles. The van der Waals surface area contributed by atoms with Crippen molar-refractivity contribution in [3.8, 4) is 17.4 Å². The van der Waals surface area contributed by atoms with E-state index in [0.717, 1.165) is 5.57 Å². The standard InChI is InChI=1S/C27H29F2N3O6S/c1-4-19(10-11-20-7-5-9-24(26(20)29)32-39(34,35)31-15-16-36-3)22-13-12-21(17-25(22)37-18(2)33)38-27-23(28)8-6-14-30-27/h5-10,12-14,17,31-32H,4,11,15-16H2,1-3H3/b19-10+. The molecule has 0 bridgehead atoms. The second-order valence-electron chi connectivity index (χ2n) is 8.20. The molecule has 12 heteroatoms. The highest BCUT2D eigenvalue weighted by Crippen LogP contribution is 2.34. The first-order valence-electron chi connectivity index (χ1n) is 12.0. The number of nitrogens with one attached hydrogen (secondary N) is 2. The molecule has 0 aliphatic heterocycles. The highest BCUT2D eigenvalue weighted by molar-refractivity contribution is 7.90. The number of hydrogen-bond acceptors (Lipinski definition) is 7. The lowest BCUT2D eigenvalue weighted by Crippen LogP contribution is -2.32. The fraction of sp³-hybridized carbons (Fsp3) is 0.259. The Morgan fingerprint density at radius 3 is 2.62 bits per heavy atom. The first kappa shape index (κ1) is 29.7. The SMILES string of the molecule is CC/C(=C\Cc1cccc(NS(=O)(=O)NCCOC)c1F)c1ccc(Oc2ncccc2F)cc1OC(C)=O. The van der Waals surface area contributed by atoms with Gasteiger partial charge in [0.25, 0.3) is 16.1 Å². The summed E-state index contributed by atoms with van der Waals surface area (Å²) < 4.78 is 73.7. The van der Waals surface area contributed by atoms with Gasteiger partial charge in [0.2, 0.25) is 0 Å². The Morgan fingerprint density at radius 2 is 1.92 bits per heavy atom. The third kappa shape index (κ3) is 8.57. The van der Waals surface area contributed by atoms with E-state index in [1.165, 1.54) is 50.6 Å². The summed E-state index contributed by atoms with van der Waals surface area (Å²) in [5.41, 5.74) is 1.33. The van der Waals surface area contributed by atoms with Crippen molar-refractivity contribution in [2.45, 2.75) is 26.7 Å². The number of carbonyl (C=O) groups excluding carboxylic acids is 1. The molecule has 0 aliphatic rings. The molecule has 3 aromatic rings. The smallest absolute Gasteiger partial charge is 0.308 e. The van der Waals surface area contributed by atoms with Crippen molar-refractivity contribution in [3.63, 3.8) is 0 Å². The van der Waals surface area contributed by atoms with Crippen LogP contribution in [0.4, 0.5) is 14.5 Å². The molecule has 0 spiro atoms. The molecule has 0 saturated heterocycles. The normalized spacial score (nSPS) is 11.8. The fourth-order valence-electron chi connectivity index (χ4n) is 3.58. The Morgan fingerprint density at radius 1 is 1.13 bits per heavy atom. The van der Waals surface area contributed by atoms with E-state index in [1.807, 2.05) is 6.92 Å². The predicted molar refractivity (Wildman–Crippen MR) is 143 cm³/mol. The van der Waals surface area contributed by atoms with Crippen LogP contribution in [-0.2, 0) is 26.2 Å². The molecule has 0 amide bonds. The minimum Gasteiger partial charge on any atom is -0.436 e. The maximum absolute atomic E-state index is 15.2. The first-order chi connectivity index (χ1) is 18.6. The molecule has 3 rings (SSSR count). The van der Waals surface area contributed by atoms with Crippen molar-refractivity contribution in [1.82, 2.24) is 9.71 Å². The lowest BCUT2D eigenvalue weighted by atomic mass is 9.99. The molecule has 1 heterocycles. The van der Waals surface area contributed by atoms with Crippen LogP contribution in [-0.4, -0.2) is 39.6 Å². The van der Waals surface area contributed by atoms with Gasteiger partial charge in [-0.1, -0.05) is 25.1 Å². The van der Waals surface area contributed by atoms with Crippen LogP contribution in [0.5, 0.6) is 17.4 Å². The number of carbonyl (C=O) groups is 1. The second kappa shape index (κ2) is 13.8. The number of anilines is 1. The Balaban J connectivity index is 1.86. The van der Waals surface area contributed by atoms with Gasteiger partial charge in [-0.25, -0.2) is 13.8 Å². The number of hydrogen-bond donors (Lipinski definition) is 2. The predicted octanol–water partition coefficient (Wildman–Crippen LogP) is 5.01. The van der Waals surface area contributed by atoms with E-state index in [4.69, 9.17) is 14.2 Å². The lowest BCUT2D eigenvalue weighted by Gasteiger charge is -2.14. The van der Waals surface area contributed by atoms with Crippen molar-refractivity contribution in [3.05, 3.63) is 83.6 Å². The summed E-state index contributed by atoms with van der Waals surface area (Å²) in [5.74, 6) is -1.80. The second-order valence-corrected chi connectivity index (χ2v) is 9.70. The fourth-order valence-corrected chi connectivity index (χ4v) is 4.45. The molecule has 2 N–H and O–H groups in total. The maximum Gasteiger partial charge on any atom is 0.308 e. The maximum atomic E-state index is 15.2. The topological polar surface area (TPSA) is 116 Å². The van der Waals surface area contributed by atoms with Crippen LogP contribution in [0, 0.1) is 11.6 Å². The summed E-state index contributed by atoms with van der Waals surface area (Å²) in [4.78, 5) is 15.6. The minimum absolute atomic E-state index is 0.0288. The zero-order chi connectivity index (χ0) is 28.4. The zero-order valence-corrected chi connectivity index (χ0v) is 22.5. The number of ether oxygens (including phenoxy) is 3. The van der Waals surface area contributed by atoms with Crippen molar-refractivity contribution in [2.24, 2.45) is 0 Å². The molecule has 0 atom stereocenters. The van der Waals surface area contributed by atoms with Gasteiger partial charge in [-0.15, -0.1) is 0 Å². The highest BCUT2D eigenvalue weighted by Gasteiger charge is 2.16. The van der Waals surface area contributed by atoms with E-state index in [0.29, 0.717) is 12.0 Å². The molecular weight excluding hydrogens is 532 g/mol. The number of allylic oxidation sites excluding steroid dienone is 2. The molecule has 0 aliphatic carbocycles. The number of benzene rings is 2. The molecule has 9 nitrogen and oxygen atoms in total. The van der Waals surface area contributed by atoms with Crippen LogP contribution in [0.3, 0.4) is 0 Å². The van der Waals surface area contributed by atoms with Gasteiger partial charge >= 0.3 is 5.97 Å². The van der Waals surface area contributed by atoms with Gasteiger partial charge in [-0.2, -0.15) is 13.1 Å². The van der Waals surface area contributed by atoms with Crippen molar-refractivity contribution in [2.75, 3.05) is 25.0 Å². The summed E-state index contributed by atoms with van der Waals surface area (Å²) >= 11 is 0. The summed E-state index contributed by atoms with van der Waals surface area (Å²) in [6.07, 6.45) is 3.77. The minimum atomic E-state index is -4.00. The number of rotatable bonds is 13. The monoisotopic (exact) mass is 561 g/mol. The van der Waals surface area contributed by atoms with E-state index >= 15 is 4.39 Å². The van der Waals surface area contributed by atoms with E-state index in [1.54, 1.807) is 24.3 Å². The summed E-state index contributed by atoms with van der Waals surface area (Å²) in [5, 5.41) is 0. The van der Waals surface area contributed by atoms with Crippen LogP contribution < -0.4 is 18.9 Å². The average Bonchev–Trinajstić information content (AvgIpc) is 2.88. The Labute approximate surface area is 226 Å². The van der Waals surface area contributed by atoms with Crippen LogP contribution in [0.1, 0.15) is 31.4 Å². The van der Waals surface area contributed by atoms with Gasteiger partial charge in [0.1, 0.15) is 11.5 Å². The Hall–Kier alpha value is -3.87. The van der Waals surface area contributed by atoms with E-state index < -0.39 is 27.8 Å². The van der Waals surface area contributed by atoms with Crippen LogP contribution >= 0.6 is 0 Å². The molecule has 0 unspecified atom stereocenters. The number of pyridine rings is 1. The quantitative estimate of drug-likeness (QED) is 0.171. The van der Waals surface area contributed by atoms with Crippen molar-refractivity contribution in [1.29, 1.82) is 0 Å². The number of aromatic nitrogens is 1. The molecule has 0 saturated carbocycles. The lowest BCUT2D eigenvalue weighted by molar-refractivity contribution is -0.131. The summed E-state index contributed by atoms with van der Waals surface area (Å²) in [6.45, 7) is 3.32. The molecule has 1 aromatic heterocycles. The number of methoxy groups -OCH3 is 1. The number of nitrogens with zero attached hydrogens (tertiary/aromatic N) is 1. The van der Waals surface area contributed by atoms with Gasteiger partial charge in [0.05, 0.1) is 12.3 Å². The van der Waals surface area contributed by atoms with Crippen LogP contribution in [0.25, 0.3) is 5.57 Å². The Kier molecular flexibility index (Phi) is 10.5. The van der Waals surface area contributed by atoms with Gasteiger partial charge < -0.3 is 14.2 Å². The van der Waals surface area contributed by atoms with E-state index in [-0.39, 0.29) is 48.2 Å². The van der Waals surface area contributed by atoms with Gasteiger partial charge in [0, 0.05) is 38.4 Å². The van der Waals surface area contributed by atoms with Gasteiger partial charge in [-0.3, -0.25) is 9.52 Å². The van der Waals surface area contributed by atoms with Crippen LogP contribution in [0.2, 0.25) is 0 Å². The van der Waals surface area contributed by atoms with Crippen molar-refractivity contribution >= 4 is 27.4 Å². The largest absolute Gasteiger partial charge is 0.436 e. The zero-order valence-electron chi connectivity index (χ0n) is 21.7. The van der Waals surface area contributed by atoms with Gasteiger partial charge in [-0.05, 0) is 54.3 Å². The average molecular weight is 562 g/mol. The third-order valence-electron chi connectivity index (χ3n) is 5.36. The summed E-state index contributed by atoms with van der Waals surface area (Å²) in [7, 11) is -2.56. The molecule has 0 radical (unpaired) electrons. The van der Waals surface area contributed by atoms with Crippen LogP contribution in [0.15, 0.2) is 60.8 Å².